The van der Waals surface area contributed by atoms with Crippen molar-refractivity contribution in [2.24, 2.45) is 0 Å². The van der Waals surface area contributed by atoms with E-state index in [-0.39, 0.29) is 18.4 Å². The van der Waals surface area contributed by atoms with Gasteiger partial charge in [0, 0.05) is 23.7 Å². The number of benzene rings is 2. The van der Waals surface area contributed by atoms with Crippen LogP contribution in [-0.4, -0.2) is 30.9 Å². The lowest BCUT2D eigenvalue weighted by Gasteiger charge is -2.22. The summed E-state index contributed by atoms with van der Waals surface area (Å²) >= 11 is 1.31. The van der Waals surface area contributed by atoms with E-state index in [9.17, 15) is 14.4 Å². The van der Waals surface area contributed by atoms with Crippen molar-refractivity contribution in [3.8, 4) is 0 Å². The van der Waals surface area contributed by atoms with Gasteiger partial charge in [0.05, 0.1) is 11.3 Å². The molecule has 2 amide bonds. The lowest BCUT2D eigenvalue weighted by molar-refractivity contribution is -0.121. The number of fused-ring (bicyclic) bond motifs is 1. The lowest BCUT2D eigenvalue weighted by atomic mass is 10.1. The molecule has 2 aromatic carbocycles. The Hall–Kier alpha value is -3.19. The van der Waals surface area contributed by atoms with Gasteiger partial charge in [-0.05, 0) is 37.8 Å². The molecule has 1 N–H and O–H groups in total. The van der Waals surface area contributed by atoms with Gasteiger partial charge in [-0.25, -0.2) is 4.79 Å². The fraction of sp³-hybridized carbons (Fsp3) is 0.261. The van der Waals surface area contributed by atoms with Crippen LogP contribution in [0.25, 0.3) is 10.8 Å². The number of nitrogens with one attached hydrogen (secondary N) is 1. The zero-order chi connectivity index (χ0) is 21.8. The molecule has 0 aliphatic carbocycles. The van der Waals surface area contributed by atoms with Crippen molar-refractivity contribution in [1.29, 1.82) is 0 Å². The maximum Gasteiger partial charge on any atom is 0.341 e. The molecule has 1 aromatic heterocycles. The third-order valence-electron chi connectivity index (χ3n) is 4.88. The van der Waals surface area contributed by atoms with E-state index in [1.165, 1.54) is 18.3 Å². The van der Waals surface area contributed by atoms with Gasteiger partial charge in [-0.1, -0.05) is 36.4 Å². The molecular weight excluding hydrogens is 400 g/mol. The van der Waals surface area contributed by atoms with Gasteiger partial charge in [0.2, 0.25) is 5.91 Å². The Morgan fingerprint density at radius 1 is 1.07 bits per heavy atom. The highest BCUT2D eigenvalue weighted by Crippen LogP contribution is 2.33. The number of hydrogen-bond donors (Lipinski definition) is 1. The molecule has 3 rings (SSSR count). The molecule has 0 saturated carbocycles. The molecule has 0 spiro atoms. The second-order valence-electron chi connectivity index (χ2n) is 6.88. The minimum Gasteiger partial charge on any atom is -0.452 e. The number of carbonyl (C=O) groups is 3. The summed E-state index contributed by atoms with van der Waals surface area (Å²) in [6, 6.07) is 13.6. The number of rotatable bonds is 6. The minimum atomic E-state index is -0.622. The van der Waals surface area contributed by atoms with Crippen LogP contribution in [0.2, 0.25) is 0 Å². The molecule has 7 heteroatoms. The predicted molar refractivity (Wildman–Crippen MR) is 120 cm³/mol. The highest BCUT2D eigenvalue weighted by molar-refractivity contribution is 7.16. The van der Waals surface area contributed by atoms with Crippen molar-refractivity contribution in [2.75, 3.05) is 23.4 Å². The van der Waals surface area contributed by atoms with E-state index in [1.54, 1.807) is 11.8 Å². The molecule has 0 aliphatic heterocycles. The van der Waals surface area contributed by atoms with Gasteiger partial charge in [0.25, 0.3) is 5.91 Å². The third kappa shape index (κ3) is 4.36. The van der Waals surface area contributed by atoms with E-state index < -0.39 is 5.97 Å². The Morgan fingerprint density at radius 3 is 2.47 bits per heavy atom. The molecule has 30 heavy (non-hydrogen) atoms. The molecule has 0 radical (unpaired) electrons. The molecular formula is C23H24N2O4S. The van der Waals surface area contributed by atoms with Gasteiger partial charge < -0.3 is 15.0 Å². The number of likely N-dealkylation sites (N-methyl/N-ethyl adjacent to an activating group) is 1. The van der Waals surface area contributed by atoms with Crippen molar-refractivity contribution in [3.05, 3.63) is 58.5 Å². The minimum absolute atomic E-state index is 0.269. The van der Waals surface area contributed by atoms with Gasteiger partial charge in [-0.3, -0.25) is 9.59 Å². The first-order valence-electron chi connectivity index (χ1n) is 9.66. The molecule has 0 bridgehead atoms. The topological polar surface area (TPSA) is 75.7 Å². The van der Waals surface area contributed by atoms with E-state index in [0.29, 0.717) is 17.1 Å². The Balaban J connectivity index is 1.79. The van der Waals surface area contributed by atoms with Gasteiger partial charge in [0.1, 0.15) is 5.00 Å². The Morgan fingerprint density at radius 2 is 1.77 bits per heavy atom. The number of thiophene rings is 1. The average molecular weight is 425 g/mol. The summed E-state index contributed by atoms with van der Waals surface area (Å²) in [6.07, 6.45) is 0. The van der Waals surface area contributed by atoms with E-state index in [0.717, 1.165) is 26.9 Å². The van der Waals surface area contributed by atoms with Crippen LogP contribution in [0.3, 0.4) is 0 Å². The number of amides is 2. The molecule has 3 aromatic rings. The van der Waals surface area contributed by atoms with Gasteiger partial charge in [-0.15, -0.1) is 11.3 Å². The Labute approximate surface area is 179 Å². The number of hydrogen-bond acceptors (Lipinski definition) is 5. The van der Waals surface area contributed by atoms with Crippen LogP contribution in [0.5, 0.6) is 0 Å². The summed E-state index contributed by atoms with van der Waals surface area (Å²) in [5.41, 5.74) is 1.81. The molecule has 0 saturated heterocycles. The van der Waals surface area contributed by atoms with Crippen molar-refractivity contribution in [1.82, 2.24) is 0 Å². The van der Waals surface area contributed by atoms with Gasteiger partial charge in [0.15, 0.2) is 6.61 Å². The first kappa shape index (κ1) is 21.5. The molecule has 0 fully saturated rings. The largest absolute Gasteiger partial charge is 0.452 e. The van der Waals surface area contributed by atoms with Crippen molar-refractivity contribution < 1.29 is 19.1 Å². The van der Waals surface area contributed by atoms with Gasteiger partial charge in [-0.2, -0.15) is 0 Å². The van der Waals surface area contributed by atoms with E-state index in [1.807, 2.05) is 56.3 Å². The summed E-state index contributed by atoms with van der Waals surface area (Å²) in [6.45, 7) is 6.98. The highest BCUT2D eigenvalue weighted by atomic mass is 32.1. The van der Waals surface area contributed by atoms with Crippen LogP contribution in [-0.2, 0) is 14.3 Å². The molecule has 156 valence electrons. The van der Waals surface area contributed by atoms with Crippen molar-refractivity contribution >= 4 is 50.6 Å². The smallest absolute Gasteiger partial charge is 0.341 e. The fourth-order valence-electron chi connectivity index (χ4n) is 3.32. The van der Waals surface area contributed by atoms with Crippen molar-refractivity contribution in [3.63, 3.8) is 0 Å². The number of nitrogens with zero attached hydrogens (tertiary/aromatic N) is 1. The number of aryl methyl sites for hydroxylation is 1. The van der Waals surface area contributed by atoms with E-state index in [2.05, 4.69) is 5.32 Å². The van der Waals surface area contributed by atoms with Crippen LogP contribution >= 0.6 is 11.3 Å². The summed E-state index contributed by atoms with van der Waals surface area (Å²) < 4.78 is 5.35. The zero-order valence-corrected chi connectivity index (χ0v) is 18.3. The molecule has 0 unspecified atom stereocenters. The second-order valence-corrected chi connectivity index (χ2v) is 8.11. The van der Waals surface area contributed by atoms with Crippen LogP contribution in [0.15, 0.2) is 42.5 Å². The normalized spacial score (nSPS) is 10.7. The number of anilines is 2. The van der Waals surface area contributed by atoms with E-state index in [4.69, 9.17) is 4.74 Å². The average Bonchev–Trinajstić information content (AvgIpc) is 2.99. The first-order valence-corrected chi connectivity index (χ1v) is 10.5. The number of carbonyl (C=O) groups excluding carboxylic acids is 3. The predicted octanol–water partition coefficient (Wildman–Crippen LogP) is 4.69. The summed E-state index contributed by atoms with van der Waals surface area (Å²) in [4.78, 5) is 39.6. The van der Waals surface area contributed by atoms with Crippen LogP contribution < -0.4 is 10.2 Å². The van der Waals surface area contributed by atoms with Crippen molar-refractivity contribution in [2.45, 2.75) is 27.7 Å². The van der Waals surface area contributed by atoms with Crippen LogP contribution in [0.1, 0.15) is 34.6 Å². The van der Waals surface area contributed by atoms with Crippen LogP contribution in [0.4, 0.5) is 10.7 Å². The van der Waals surface area contributed by atoms with Crippen LogP contribution in [0, 0.1) is 13.8 Å². The maximum atomic E-state index is 12.9. The summed E-state index contributed by atoms with van der Waals surface area (Å²) in [5.74, 6) is -1.20. The third-order valence-corrected chi connectivity index (χ3v) is 6.00. The van der Waals surface area contributed by atoms with E-state index >= 15 is 0 Å². The standard InChI is InChI=1S/C23H24N2O4S/c1-5-25(19-12-8-10-17-9-6-7-11-18(17)19)20(27)13-29-23(28)21-14(2)15(3)30-22(21)24-16(4)26/h6-12H,5,13H2,1-4H3,(H,24,26). The summed E-state index contributed by atoms with van der Waals surface area (Å²) in [7, 11) is 0. The summed E-state index contributed by atoms with van der Waals surface area (Å²) in [5, 5.41) is 5.10. The molecule has 0 aliphatic rings. The SMILES string of the molecule is CCN(C(=O)COC(=O)c1c(NC(C)=O)sc(C)c1C)c1cccc2ccccc12. The number of ether oxygens (including phenoxy) is 1. The molecule has 1 heterocycles. The Bertz CT molecular complexity index is 1110. The quantitative estimate of drug-likeness (QED) is 0.583. The molecule has 6 nitrogen and oxygen atoms in total. The lowest BCUT2D eigenvalue weighted by Crippen LogP contribution is -2.34. The Kier molecular flexibility index (Phi) is 6.52. The first-order chi connectivity index (χ1) is 14.3. The zero-order valence-electron chi connectivity index (χ0n) is 17.4. The molecule has 0 atom stereocenters. The monoisotopic (exact) mass is 424 g/mol. The maximum absolute atomic E-state index is 12.9. The number of esters is 1. The fourth-order valence-corrected chi connectivity index (χ4v) is 4.42. The highest BCUT2D eigenvalue weighted by Gasteiger charge is 2.24. The van der Waals surface area contributed by atoms with Gasteiger partial charge >= 0.3 is 5.97 Å². The second kappa shape index (κ2) is 9.09.